The lowest BCUT2D eigenvalue weighted by Crippen LogP contribution is -2.34. The normalized spacial score (nSPS) is 14.2. The summed E-state index contributed by atoms with van der Waals surface area (Å²) in [4.78, 5) is 27.1. The van der Waals surface area contributed by atoms with Crippen LogP contribution in [0.2, 0.25) is 0 Å². The number of amides is 1. The van der Waals surface area contributed by atoms with Gasteiger partial charge in [0, 0.05) is 6.54 Å². The molecular weight excluding hydrogens is 296 g/mol. The molecule has 10 heteroatoms. The molecule has 0 saturated heterocycles. The molecule has 0 spiro atoms. The van der Waals surface area contributed by atoms with Crippen LogP contribution in [0.5, 0.6) is 0 Å². The molecule has 0 aliphatic carbocycles. The Labute approximate surface area is 126 Å². The number of hydrogen-bond donors (Lipinski definition) is 4. The summed E-state index contributed by atoms with van der Waals surface area (Å²) in [6.45, 7) is 5.22. The minimum absolute atomic E-state index is 0.0227. The number of carbonyl (C=O) groups is 1. The first kappa shape index (κ1) is 17.9. The summed E-state index contributed by atoms with van der Waals surface area (Å²) in [5.74, 6) is -0.496. The van der Waals surface area contributed by atoms with Gasteiger partial charge in [0.25, 0.3) is 0 Å². The molecule has 0 aromatic carbocycles. The quantitative estimate of drug-likeness (QED) is 0.443. The molecule has 0 radical (unpaired) electrons. The monoisotopic (exact) mass is 316 g/mol. The van der Waals surface area contributed by atoms with Gasteiger partial charge in [-0.25, -0.2) is 14.8 Å². The van der Waals surface area contributed by atoms with E-state index in [0.717, 1.165) is 6.20 Å². The molecule has 2 atom stereocenters. The number of nitrogens with one attached hydrogen (secondary N) is 2. The Kier molecular flexibility index (Phi) is 5.83. The number of nitro groups is 1. The molecule has 1 rings (SSSR count). The van der Waals surface area contributed by atoms with Crippen molar-refractivity contribution < 1.29 is 24.7 Å². The number of aromatic amines is 1. The van der Waals surface area contributed by atoms with E-state index in [2.05, 4.69) is 15.3 Å². The SMILES string of the molecule is CC(C)(C)OC(=O)NCCC(O)C(O)c1ncc([N+](=O)[O-])[nH]1. The molecule has 0 aliphatic rings. The fourth-order valence-corrected chi connectivity index (χ4v) is 1.55. The zero-order valence-electron chi connectivity index (χ0n) is 12.6. The molecule has 2 unspecified atom stereocenters. The van der Waals surface area contributed by atoms with Crippen molar-refractivity contribution in [3.8, 4) is 0 Å². The van der Waals surface area contributed by atoms with Gasteiger partial charge < -0.3 is 30.4 Å². The third kappa shape index (κ3) is 5.66. The second-order valence-corrected chi connectivity index (χ2v) is 5.64. The molecule has 4 N–H and O–H groups in total. The van der Waals surface area contributed by atoms with Crippen LogP contribution in [0.1, 0.15) is 39.1 Å². The minimum Gasteiger partial charge on any atom is -0.444 e. The molecule has 22 heavy (non-hydrogen) atoms. The molecule has 1 amide bonds. The highest BCUT2D eigenvalue weighted by Gasteiger charge is 2.25. The van der Waals surface area contributed by atoms with Crippen molar-refractivity contribution in [3.63, 3.8) is 0 Å². The van der Waals surface area contributed by atoms with E-state index in [-0.39, 0.29) is 24.6 Å². The van der Waals surface area contributed by atoms with Gasteiger partial charge in [-0.2, -0.15) is 0 Å². The average molecular weight is 316 g/mol. The largest absolute Gasteiger partial charge is 0.444 e. The van der Waals surface area contributed by atoms with Gasteiger partial charge >= 0.3 is 11.9 Å². The van der Waals surface area contributed by atoms with E-state index >= 15 is 0 Å². The summed E-state index contributed by atoms with van der Waals surface area (Å²) in [6.07, 6.45) is -2.34. The summed E-state index contributed by atoms with van der Waals surface area (Å²) in [7, 11) is 0. The van der Waals surface area contributed by atoms with E-state index in [1.165, 1.54) is 0 Å². The van der Waals surface area contributed by atoms with E-state index < -0.39 is 28.8 Å². The van der Waals surface area contributed by atoms with Crippen LogP contribution in [0.3, 0.4) is 0 Å². The molecule has 1 aromatic heterocycles. The summed E-state index contributed by atoms with van der Waals surface area (Å²) in [5, 5.41) is 32.5. The number of hydrogen-bond acceptors (Lipinski definition) is 7. The number of nitrogens with zero attached hydrogens (tertiary/aromatic N) is 2. The second kappa shape index (κ2) is 7.18. The zero-order valence-corrected chi connectivity index (χ0v) is 12.6. The van der Waals surface area contributed by atoms with Gasteiger partial charge in [0.05, 0.1) is 6.10 Å². The Morgan fingerprint density at radius 2 is 2.18 bits per heavy atom. The number of imidazole rings is 1. The van der Waals surface area contributed by atoms with Crippen molar-refractivity contribution >= 4 is 11.9 Å². The van der Waals surface area contributed by atoms with Crippen LogP contribution in [0.15, 0.2) is 6.20 Å². The summed E-state index contributed by atoms with van der Waals surface area (Å²) >= 11 is 0. The maximum Gasteiger partial charge on any atom is 0.407 e. The Morgan fingerprint density at radius 3 is 2.68 bits per heavy atom. The predicted molar refractivity (Wildman–Crippen MR) is 75.1 cm³/mol. The minimum atomic E-state index is -1.42. The van der Waals surface area contributed by atoms with Gasteiger partial charge in [-0.1, -0.05) is 0 Å². The van der Waals surface area contributed by atoms with E-state index in [9.17, 15) is 25.1 Å². The van der Waals surface area contributed by atoms with E-state index in [0.29, 0.717) is 0 Å². The smallest absolute Gasteiger partial charge is 0.407 e. The molecule has 1 aromatic rings. The zero-order chi connectivity index (χ0) is 16.9. The van der Waals surface area contributed by atoms with Crippen molar-refractivity contribution in [2.45, 2.75) is 45.0 Å². The maximum atomic E-state index is 11.4. The van der Waals surface area contributed by atoms with Gasteiger partial charge in [-0.15, -0.1) is 0 Å². The highest BCUT2D eigenvalue weighted by Crippen LogP contribution is 2.18. The fraction of sp³-hybridized carbons (Fsp3) is 0.667. The standard InChI is InChI=1S/C12H20N4O6/c1-12(2,3)22-11(19)13-5-4-7(17)9(18)10-14-6-8(15-10)16(20)21/h6-7,9,17-18H,4-5H2,1-3H3,(H,13,19)(H,14,15). The Morgan fingerprint density at radius 1 is 1.55 bits per heavy atom. The van der Waals surface area contributed by atoms with Crippen molar-refractivity contribution in [2.75, 3.05) is 6.54 Å². The first-order valence-electron chi connectivity index (χ1n) is 6.62. The summed E-state index contributed by atoms with van der Waals surface area (Å²) in [5.41, 5.74) is -0.630. The van der Waals surface area contributed by atoms with Crippen LogP contribution in [-0.4, -0.2) is 49.4 Å². The first-order valence-corrected chi connectivity index (χ1v) is 6.62. The topological polar surface area (TPSA) is 151 Å². The number of H-pyrrole nitrogens is 1. The number of alkyl carbamates (subject to hydrolysis) is 1. The number of ether oxygens (including phenoxy) is 1. The third-order valence-electron chi connectivity index (χ3n) is 2.53. The van der Waals surface area contributed by atoms with Gasteiger partial charge in [-0.3, -0.25) is 0 Å². The summed E-state index contributed by atoms with van der Waals surface area (Å²) in [6, 6.07) is 0. The van der Waals surface area contributed by atoms with Gasteiger partial charge in [0.2, 0.25) is 5.82 Å². The third-order valence-corrected chi connectivity index (χ3v) is 2.53. The van der Waals surface area contributed by atoms with Crippen molar-refractivity contribution in [3.05, 3.63) is 22.1 Å². The Hall–Kier alpha value is -2.20. The van der Waals surface area contributed by atoms with Crippen LogP contribution in [0.4, 0.5) is 10.6 Å². The average Bonchev–Trinajstić information content (AvgIpc) is 2.85. The molecule has 10 nitrogen and oxygen atoms in total. The maximum absolute atomic E-state index is 11.4. The molecule has 1 heterocycles. The molecule has 0 saturated carbocycles. The number of aliphatic hydroxyl groups is 2. The molecule has 0 bridgehead atoms. The van der Waals surface area contributed by atoms with E-state index in [1.54, 1.807) is 20.8 Å². The Balaban J connectivity index is 2.42. The molecule has 0 aliphatic heterocycles. The van der Waals surface area contributed by atoms with Crippen LogP contribution in [-0.2, 0) is 4.74 Å². The second-order valence-electron chi connectivity index (χ2n) is 5.64. The van der Waals surface area contributed by atoms with Crippen LogP contribution < -0.4 is 5.32 Å². The van der Waals surface area contributed by atoms with E-state index in [4.69, 9.17) is 4.74 Å². The summed E-state index contributed by atoms with van der Waals surface area (Å²) < 4.78 is 5.01. The number of carbonyl (C=O) groups excluding carboxylic acids is 1. The van der Waals surface area contributed by atoms with Crippen molar-refractivity contribution in [1.29, 1.82) is 0 Å². The lowest BCUT2D eigenvalue weighted by atomic mass is 10.1. The van der Waals surface area contributed by atoms with Crippen molar-refractivity contribution in [2.24, 2.45) is 0 Å². The van der Waals surface area contributed by atoms with Gasteiger partial charge in [0.1, 0.15) is 11.8 Å². The fourth-order valence-electron chi connectivity index (χ4n) is 1.55. The predicted octanol–water partition coefficient (Wildman–Crippen LogP) is 0.627. The lowest BCUT2D eigenvalue weighted by Gasteiger charge is -2.20. The number of aromatic nitrogens is 2. The highest BCUT2D eigenvalue weighted by molar-refractivity contribution is 5.67. The molecule has 124 valence electrons. The number of aliphatic hydroxyl groups excluding tert-OH is 2. The van der Waals surface area contributed by atoms with Gasteiger partial charge in [0.15, 0.2) is 6.10 Å². The number of rotatable bonds is 6. The lowest BCUT2D eigenvalue weighted by molar-refractivity contribution is -0.389. The van der Waals surface area contributed by atoms with E-state index in [1.807, 2.05) is 0 Å². The van der Waals surface area contributed by atoms with Crippen LogP contribution >= 0.6 is 0 Å². The molecular formula is C12H20N4O6. The Bertz CT molecular complexity index is 524. The van der Waals surface area contributed by atoms with Crippen molar-refractivity contribution in [1.82, 2.24) is 15.3 Å². The molecule has 0 fully saturated rings. The first-order chi connectivity index (χ1) is 10.1. The van der Waals surface area contributed by atoms with Crippen LogP contribution in [0, 0.1) is 10.1 Å². The van der Waals surface area contributed by atoms with Crippen LogP contribution in [0.25, 0.3) is 0 Å². The van der Waals surface area contributed by atoms with Gasteiger partial charge in [-0.05, 0) is 32.1 Å². The highest BCUT2D eigenvalue weighted by atomic mass is 16.6.